The number of para-hydroxylation sites is 1. The molecule has 0 unspecified atom stereocenters. The van der Waals surface area contributed by atoms with Crippen LogP contribution in [0.5, 0.6) is 5.75 Å². The maximum Gasteiger partial charge on any atom is 0.267 e. The molecule has 1 aromatic heterocycles. The Hall–Kier alpha value is -5.22. The maximum atomic E-state index is 11.4. The summed E-state index contributed by atoms with van der Waals surface area (Å²) in [6, 6.07) is 31.0. The van der Waals surface area contributed by atoms with Gasteiger partial charge in [0.15, 0.2) is 0 Å². The molecular weight excluding hydrogens is 450 g/mol. The fourth-order valence-corrected chi connectivity index (χ4v) is 3.93. The van der Waals surface area contributed by atoms with Crippen molar-refractivity contribution in [3.8, 4) is 22.9 Å². The van der Waals surface area contributed by atoms with Crippen LogP contribution < -0.4 is 15.8 Å². The lowest BCUT2D eigenvalue weighted by Gasteiger charge is -2.14. The standard InChI is InChI=1S/C29H21N5O2/c30-17-22-11-12-23(33-29-32-14-13-26(34-29)28(31)35)16-25(22)24-7-3-4-8-27(24)36-18-19-9-10-20-5-1-2-6-21(20)15-19/h1-16H,18H2,(H2,31,35)(H,32,33,34). The molecule has 0 atom stereocenters. The average molecular weight is 472 g/mol. The topological polar surface area (TPSA) is 114 Å². The van der Waals surface area contributed by atoms with Gasteiger partial charge in [-0.25, -0.2) is 9.97 Å². The fourth-order valence-electron chi connectivity index (χ4n) is 3.93. The summed E-state index contributed by atoms with van der Waals surface area (Å²) < 4.78 is 6.22. The summed E-state index contributed by atoms with van der Waals surface area (Å²) in [6.07, 6.45) is 1.45. The zero-order valence-electron chi connectivity index (χ0n) is 19.2. The summed E-state index contributed by atoms with van der Waals surface area (Å²) in [4.78, 5) is 19.7. The van der Waals surface area contributed by atoms with Crippen LogP contribution in [0, 0.1) is 11.3 Å². The number of amides is 1. The molecule has 0 spiro atoms. The molecular formula is C29H21N5O2. The van der Waals surface area contributed by atoms with E-state index in [1.54, 1.807) is 12.1 Å². The van der Waals surface area contributed by atoms with Crippen molar-refractivity contribution in [2.75, 3.05) is 5.32 Å². The number of nitrogens with zero attached hydrogens (tertiary/aromatic N) is 3. The molecule has 0 saturated carbocycles. The molecule has 7 nitrogen and oxygen atoms in total. The van der Waals surface area contributed by atoms with Crippen LogP contribution in [-0.4, -0.2) is 15.9 Å². The van der Waals surface area contributed by atoms with E-state index < -0.39 is 5.91 Å². The van der Waals surface area contributed by atoms with Crippen molar-refractivity contribution in [3.63, 3.8) is 0 Å². The number of anilines is 2. The van der Waals surface area contributed by atoms with Gasteiger partial charge in [0.25, 0.3) is 5.91 Å². The molecule has 7 heteroatoms. The molecule has 0 saturated heterocycles. The molecule has 0 bridgehead atoms. The molecule has 1 amide bonds. The zero-order chi connectivity index (χ0) is 24.9. The first-order valence-electron chi connectivity index (χ1n) is 11.2. The molecule has 1 heterocycles. The lowest BCUT2D eigenvalue weighted by atomic mass is 9.98. The summed E-state index contributed by atoms with van der Waals surface area (Å²) >= 11 is 0. The van der Waals surface area contributed by atoms with Crippen molar-refractivity contribution >= 4 is 28.3 Å². The highest BCUT2D eigenvalue weighted by molar-refractivity contribution is 5.91. The predicted molar refractivity (Wildman–Crippen MR) is 139 cm³/mol. The quantitative estimate of drug-likeness (QED) is 0.320. The lowest BCUT2D eigenvalue weighted by molar-refractivity contribution is 0.0995. The number of carbonyl (C=O) groups is 1. The van der Waals surface area contributed by atoms with Gasteiger partial charge in [0.05, 0.1) is 11.6 Å². The van der Waals surface area contributed by atoms with E-state index in [-0.39, 0.29) is 11.6 Å². The third-order valence-electron chi connectivity index (χ3n) is 5.69. The van der Waals surface area contributed by atoms with Crippen LogP contribution in [0.4, 0.5) is 11.6 Å². The first-order chi connectivity index (χ1) is 17.6. The molecule has 5 rings (SSSR count). The highest BCUT2D eigenvalue weighted by atomic mass is 16.5. The molecule has 36 heavy (non-hydrogen) atoms. The predicted octanol–water partition coefficient (Wildman–Crippen LogP) is 5.59. The van der Waals surface area contributed by atoms with Crippen molar-refractivity contribution < 1.29 is 9.53 Å². The van der Waals surface area contributed by atoms with E-state index in [2.05, 4.69) is 51.7 Å². The van der Waals surface area contributed by atoms with Gasteiger partial charge in [0.2, 0.25) is 5.95 Å². The minimum atomic E-state index is -0.640. The van der Waals surface area contributed by atoms with Crippen LogP contribution in [0.3, 0.4) is 0 Å². The van der Waals surface area contributed by atoms with Crippen LogP contribution in [-0.2, 0) is 6.61 Å². The number of hydrogen-bond donors (Lipinski definition) is 2. The van der Waals surface area contributed by atoms with Crippen LogP contribution in [0.25, 0.3) is 21.9 Å². The van der Waals surface area contributed by atoms with Gasteiger partial charge in [-0.1, -0.05) is 54.6 Å². The van der Waals surface area contributed by atoms with Crippen LogP contribution in [0.1, 0.15) is 21.6 Å². The molecule has 0 aliphatic heterocycles. The minimum Gasteiger partial charge on any atom is -0.488 e. The highest BCUT2D eigenvalue weighted by Crippen LogP contribution is 2.35. The summed E-state index contributed by atoms with van der Waals surface area (Å²) in [5.41, 5.74) is 9.10. The van der Waals surface area contributed by atoms with Crippen LogP contribution >= 0.6 is 0 Å². The molecule has 3 N–H and O–H groups in total. The number of ether oxygens (including phenoxy) is 1. The number of nitriles is 1. The summed E-state index contributed by atoms with van der Waals surface area (Å²) in [6.45, 7) is 0.384. The molecule has 0 aliphatic carbocycles. The Kier molecular flexibility index (Phi) is 6.24. The van der Waals surface area contributed by atoms with E-state index in [0.717, 1.165) is 16.5 Å². The third kappa shape index (κ3) is 4.83. The molecule has 0 fully saturated rings. The maximum absolute atomic E-state index is 11.4. The second kappa shape index (κ2) is 9.95. The Bertz CT molecular complexity index is 1620. The van der Waals surface area contributed by atoms with Crippen LogP contribution in [0.2, 0.25) is 0 Å². The number of rotatable bonds is 7. The number of aromatic nitrogens is 2. The van der Waals surface area contributed by atoms with Gasteiger partial charge in [0, 0.05) is 23.0 Å². The van der Waals surface area contributed by atoms with Crippen molar-refractivity contribution in [2.24, 2.45) is 5.73 Å². The molecule has 174 valence electrons. The molecule has 4 aromatic carbocycles. The van der Waals surface area contributed by atoms with Crippen molar-refractivity contribution in [1.82, 2.24) is 9.97 Å². The van der Waals surface area contributed by atoms with Gasteiger partial charge in [-0.15, -0.1) is 0 Å². The number of benzene rings is 4. The Morgan fingerprint density at radius 1 is 0.917 bits per heavy atom. The highest BCUT2D eigenvalue weighted by Gasteiger charge is 2.13. The van der Waals surface area contributed by atoms with E-state index in [1.807, 2.05) is 42.5 Å². The summed E-state index contributed by atoms with van der Waals surface area (Å²) in [5.74, 6) is 0.243. The van der Waals surface area contributed by atoms with E-state index >= 15 is 0 Å². The van der Waals surface area contributed by atoms with E-state index in [9.17, 15) is 10.1 Å². The summed E-state index contributed by atoms with van der Waals surface area (Å²) in [5, 5.41) is 15.2. The zero-order valence-corrected chi connectivity index (χ0v) is 19.2. The van der Waals surface area contributed by atoms with Crippen molar-refractivity contribution in [2.45, 2.75) is 6.61 Å². The van der Waals surface area contributed by atoms with Crippen LogP contribution in [0.15, 0.2) is 97.2 Å². The second-order valence-electron chi connectivity index (χ2n) is 8.09. The molecule has 0 aliphatic rings. The van der Waals surface area contributed by atoms with Gasteiger partial charge < -0.3 is 15.8 Å². The van der Waals surface area contributed by atoms with Gasteiger partial charge in [-0.05, 0) is 52.7 Å². The Morgan fingerprint density at radius 3 is 2.56 bits per heavy atom. The second-order valence-corrected chi connectivity index (χ2v) is 8.09. The minimum absolute atomic E-state index is 0.105. The van der Waals surface area contributed by atoms with Crippen molar-refractivity contribution in [3.05, 3.63) is 114 Å². The average Bonchev–Trinajstić information content (AvgIpc) is 2.92. The van der Waals surface area contributed by atoms with Gasteiger partial charge in [-0.2, -0.15) is 5.26 Å². The number of nitrogens with two attached hydrogens (primary N) is 1. The van der Waals surface area contributed by atoms with Gasteiger partial charge in [-0.3, -0.25) is 4.79 Å². The van der Waals surface area contributed by atoms with E-state index in [4.69, 9.17) is 10.5 Å². The van der Waals surface area contributed by atoms with E-state index in [1.165, 1.54) is 17.6 Å². The molecule has 5 aromatic rings. The Labute approximate surface area is 207 Å². The molecule has 0 radical (unpaired) electrons. The number of hydrogen-bond acceptors (Lipinski definition) is 6. The monoisotopic (exact) mass is 471 g/mol. The third-order valence-corrected chi connectivity index (χ3v) is 5.69. The lowest BCUT2D eigenvalue weighted by Crippen LogP contribution is -2.14. The SMILES string of the molecule is N#Cc1ccc(Nc2nccc(C(N)=O)n2)cc1-c1ccccc1OCc1ccc2ccccc2c1. The van der Waals surface area contributed by atoms with Gasteiger partial charge >= 0.3 is 0 Å². The summed E-state index contributed by atoms with van der Waals surface area (Å²) in [7, 11) is 0. The Morgan fingerprint density at radius 2 is 1.72 bits per heavy atom. The smallest absolute Gasteiger partial charge is 0.267 e. The van der Waals surface area contributed by atoms with Crippen molar-refractivity contribution in [1.29, 1.82) is 5.26 Å². The number of carbonyl (C=O) groups excluding carboxylic acids is 1. The number of nitrogens with one attached hydrogen (secondary N) is 1. The Balaban J connectivity index is 1.44. The number of fused-ring (bicyclic) bond motifs is 1. The van der Waals surface area contributed by atoms with Gasteiger partial charge in [0.1, 0.15) is 18.1 Å². The fraction of sp³-hybridized carbons (Fsp3) is 0.0345. The first kappa shape index (κ1) is 22.6. The van der Waals surface area contributed by atoms with E-state index in [0.29, 0.717) is 29.2 Å². The first-order valence-corrected chi connectivity index (χ1v) is 11.2. The normalized spacial score (nSPS) is 10.5. The number of primary amides is 1. The largest absolute Gasteiger partial charge is 0.488 e.